The molecule has 0 atom stereocenters. The van der Waals surface area contributed by atoms with Gasteiger partial charge in [0.05, 0.1) is 4.92 Å². The van der Waals surface area contributed by atoms with E-state index in [9.17, 15) is 14.9 Å². The minimum Gasteiger partial charge on any atom is -0.301 e. The summed E-state index contributed by atoms with van der Waals surface area (Å²) in [6.45, 7) is 0. The number of anilines is 1. The van der Waals surface area contributed by atoms with E-state index < -0.39 is 11.0 Å². The number of imidazole rings is 1. The highest BCUT2D eigenvalue weighted by atomic mass is 35.5. The number of benzene rings is 1. The zero-order valence-electron chi connectivity index (χ0n) is 8.91. The highest BCUT2D eigenvalue weighted by Gasteiger charge is 2.16. The van der Waals surface area contributed by atoms with Gasteiger partial charge < -0.3 is 5.32 Å². The first kappa shape index (κ1) is 12.1. The van der Waals surface area contributed by atoms with Crippen LogP contribution in [-0.4, -0.2) is 20.5 Å². The number of rotatable bonds is 2. The molecule has 0 saturated carbocycles. The maximum atomic E-state index is 11.7. The monoisotopic (exact) mass is 266 g/mol. The lowest BCUT2D eigenvalue weighted by Crippen LogP contribution is -2.18. The third kappa shape index (κ3) is 2.46. The van der Waals surface area contributed by atoms with E-state index in [0.29, 0.717) is 0 Å². The molecule has 1 heterocycles. The topological polar surface area (TPSA) is 90.1 Å². The second kappa shape index (κ2) is 4.84. The van der Waals surface area contributed by atoms with E-state index in [1.807, 2.05) is 0 Å². The maximum absolute atomic E-state index is 11.7. The predicted octanol–water partition coefficient (Wildman–Crippen LogP) is 2.52. The first-order valence-electron chi connectivity index (χ1n) is 4.81. The zero-order valence-corrected chi connectivity index (χ0v) is 9.66. The second-order valence-corrected chi connectivity index (χ2v) is 3.76. The van der Waals surface area contributed by atoms with Crippen LogP contribution in [0.25, 0.3) is 0 Å². The quantitative estimate of drug-likeness (QED) is 0.668. The van der Waals surface area contributed by atoms with Crippen molar-refractivity contribution in [2.45, 2.75) is 0 Å². The zero-order chi connectivity index (χ0) is 13.1. The Morgan fingerprint density at radius 1 is 1.50 bits per heavy atom. The van der Waals surface area contributed by atoms with Crippen LogP contribution in [0.2, 0.25) is 5.02 Å². The molecule has 2 aromatic rings. The van der Waals surface area contributed by atoms with Gasteiger partial charge in [0.2, 0.25) is 0 Å². The van der Waals surface area contributed by atoms with Crippen LogP contribution >= 0.6 is 11.6 Å². The Kier molecular flexibility index (Phi) is 3.24. The van der Waals surface area contributed by atoms with E-state index in [0.717, 1.165) is 0 Å². The van der Waals surface area contributed by atoms with Crippen LogP contribution in [0.4, 0.5) is 16.2 Å². The number of nitrogens with zero attached hydrogens (tertiary/aromatic N) is 3. The lowest BCUT2D eigenvalue weighted by Gasteiger charge is -2.06. The lowest BCUT2D eigenvalue weighted by molar-refractivity contribution is -0.383. The van der Waals surface area contributed by atoms with Gasteiger partial charge in [0.25, 0.3) is 5.69 Å². The lowest BCUT2D eigenvalue weighted by atomic mass is 10.2. The van der Waals surface area contributed by atoms with Crippen LogP contribution in [0.3, 0.4) is 0 Å². The predicted molar refractivity (Wildman–Crippen MR) is 64.8 cm³/mol. The molecule has 7 nitrogen and oxygen atoms in total. The van der Waals surface area contributed by atoms with Gasteiger partial charge in [-0.05, 0) is 12.1 Å². The van der Waals surface area contributed by atoms with Crippen LogP contribution in [0, 0.1) is 10.1 Å². The van der Waals surface area contributed by atoms with E-state index >= 15 is 0 Å². The average Bonchev–Trinajstić information content (AvgIpc) is 2.84. The highest BCUT2D eigenvalue weighted by molar-refractivity contribution is 6.31. The molecule has 0 fully saturated rings. The van der Waals surface area contributed by atoms with Crippen molar-refractivity contribution in [3.63, 3.8) is 0 Å². The molecule has 0 spiro atoms. The molecule has 18 heavy (non-hydrogen) atoms. The molecule has 1 aromatic carbocycles. The Bertz CT molecular complexity index is 597. The Balaban J connectivity index is 2.29. The van der Waals surface area contributed by atoms with Crippen LogP contribution in [0.1, 0.15) is 0 Å². The smallest absolute Gasteiger partial charge is 0.301 e. The van der Waals surface area contributed by atoms with Crippen molar-refractivity contribution < 1.29 is 9.72 Å². The fourth-order valence-corrected chi connectivity index (χ4v) is 1.49. The summed E-state index contributed by atoms with van der Waals surface area (Å²) in [4.78, 5) is 25.6. The summed E-state index contributed by atoms with van der Waals surface area (Å²) in [5.74, 6) is 0. The third-order valence-electron chi connectivity index (χ3n) is 2.14. The molecule has 0 saturated heterocycles. The van der Waals surface area contributed by atoms with E-state index in [2.05, 4.69) is 10.3 Å². The number of hydrogen-bond acceptors (Lipinski definition) is 4. The molecule has 92 valence electrons. The van der Waals surface area contributed by atoms with Crippen LogP contribution in [0.15, 0.2) is 36.9 Å². The van der Waals surface area contributed by atoms with Crippen LogP contribution < -0.4 is 5.32 Å². The van der Waals surface area contributed by atoms with Crippen LogP contribution in [0.5, 0.6) is 0 Å². The van der Waals surface area contributed by atoms with Gasteiger partial charge in [-0.15, -0.1) is 0 Å². The van der Waals surface area contributed by atoms with Crippen molar-refractivity contribution in [1.82, 2.24) is 9.55 Å². The minimum atomic E-state index is -0.616. The molecular formula is C10H7ClN4O3. The molecule has 0 aliphatic rings. The molecule has 1 aromatic heterocycles. The summed E-state index contributed by atoms with van der Waals surface area (Å²) >= 11 is 5.66. The number of aromatic nitrogens is 2. The largest absolute Gasteiger partial charge is 0.331 e. The van der Waals surface area contributed by atoms with Gasteiger partial charge in [0.1, 0.15) is 12.0 Å². The Hall–Kier alpha value is -2.41. The van der Waals surface area contributed by atoms with Gasteiger partial charge in [-0.2, -0.15) is 0 Å². The van der Waals surface area contributed by atoms with Gasteiger partial charge in [0.15, 0.2) is 0 Å². The molecule has 8 heteroatoms. The van der Waals surface area contributed by atoms with Crippen molar-refractivity contribution in [2.75, 3.05) is 5.32 Å². The van der Waals surface area contributed by atoms with E-state index in [-0.39, 0.29) is 16.4 Å². The Labute approximate surface area is 106 Å². The number of nitro benzene ring substituents is 1. The van der Waals surface area contributed by atoms with E-state index in [4.69, 9.17) is 11.6 Å². The number of carbonyl (C=O) groups is 1. The fraction of sp³-hybridized carbons (Fsp3) is 0. The number of nitro groups is 1. The number of halogens is 1. The van der Waals surface area contributed by atoms with Crippen molar-refractivity contribution in [2.24, 2.45) is 0 Å². The van der Waals surface area contributed by atoms with Gasteiger partial charge in [-0.1, -0.05) is 11.6 Å². The average molecular weight is 267 g/mol. The minimum absolute atomic E-state index is 0.0723. The standard InChI is InChI=1S/C10H7ClN4O3/c11-7-1-2-8(9(5-7)15(17)18)13-10(16)14-4-3-12-6-14/h1-6H,(H,13,16). The molecule has 0 radical (unpaired) electrons. The summed E-state index contributed by atoms with van der Waals surface area (Å²) in [6.07, 6.45) is 4.14. The molecule has 2 rings (SSSR count). The molecule has 1 N–H and O–H groups in total. The summed E-state index contributed by atoms with van der Waals surface area (Å²) < 4.78 is 1.17. The van der Waals surface area contributed by atoms with Gasteiger partial charge in [0, 0.05) is 23.5 Å². The molecule has 0 aliphatic carbocycles. The molecule has 0 aliphatic heterocycles. The first-order valence-corrected chi connectivity index (χ1v) is 5.19. The van der Waals surface area contributed by atoms with Crippen molar-refractivity contribution in [3.05, 3.63) is 52.1 Å². The molecule has 0 bridgehead atoms. The fourth-order valence-electron chi connectivity index (χ4n) is 1.32. The number of carbonyl (C=O) groups excluding carboxylic acids is 1. The maximum Gasteiger partial charge on any atom is 0.331 e. The van der Waals surface area contributed by atoms with Gasteiger partial charge >= 0.3 is 6.03 Å². The van der Waals surface area contributed by atoms with Crippen molar-refractivity contribution >= 4 is 29.0 Å². The van der Waals surface area contributed by atoms with Gasteiger partial charge in [-0.25, -0.2) is 9.78 Å². The number of nitrogens with one attached hydrogen (secondary N) is 1. The Morgan fingerprint density at radius 3 is 2.89 bits per heavy atom. The summed E-state index contributed by atoms with van der Waals surface area (Å²) in [5.41, 5.74) is -0.195. The van der Waals surface area contributed by atoms with Gasteiger partial charge in [-0.3, -0.25) is 14.7 Å². The molecule has 1 amide bonds. The summed E-state index contributed by atoms with van der Waals surface area (Å²) in [5, 5.41) is 13.4. The highest BCUT2D eigenvalue weighted by Crippen LogP contribution is 2.27. The summed E-state index contributed by atoms with van der Waals surface area (Å²) in [6, 6.07) is 3.45. The van der Waals surface area contributed by atoms with Crippen molar-refractivity contribution in [3.8, 4) is 0 Å². The second-order valence-electron chi connectivity index (χ2n) is 3.32. The normalized spacial score (nSPS) is 10.1. The third-order valence-corrected chi connectivity index (χ3v) is 2.37. The summed E-state index contributed by atoms with van der Waals surface area (Å²) in [7, 11) is 0. The number of hydrogen-bond donors (Lipinski definition) is 1. The molecular weight excluding hydrogens is 260 g/mol. The van der Waals surface area contributed by atoms with E-state index in [1.165, 1.54) is 41.5 Å². The Morgan fingerprint density at radius 2 is 2.28 bits per heavy atom. The van der Waals surface area contributed by atoms with E-state index in [1.54, 1.807) is 0 Å². The van der Waals surface area contributed by atoms with Crippen LogP contribution in [-0.2, 0) is 0 Å². The number of amides is 1. The molecule has 0 unspecified atom stereocenters. The first-order chi connectivity index (χ1) is 8.58. The SMILES string of the molecule is O=C(Nc1ccc(Cl)cc1[N+](=O)[O-])n1ccnc1. The van der Waals surface area contributed by atoms with Crippen molar-refractivity contribution in [1.29, 1.82) is 0 Å².